The SMILES string of the molecule is CCOc1ccc(CNC(=O)CN2C(=O)C3CCCCN3c3ccc(S(=O)(=O)N4CCCCC4)cc32)cc1. The maximum atomic E-state index is 13.6. The summed E-state index contributed by atoms with van der Waals surface area (Å²) in [6.07, 6.45) is 5.36. The number of fused-ring (bicyclic) bond motifs is 3. The van der Waals surface area contributed by atoms with Gasteiger partial charge in [0.05, 0.1) is 22.9 Å². The second-order valence-corrected chi connectivity index (χ2v) is 12.0. The molecule has 0 aliphatic carbocycles. The Kier molecular flexibility index (Phi) is 7.90. The second-order valence-electron chi connectivity index (χ2n) is 10.1. The zero-order valence-corrected chi connectivity index (χ0v) is 22.7. The largest absolute Gasteiger partial charge is 0.494 e. The number of hydrogen-bond acceptors (Lipinski definition) is 6. The number of amides is 2. The Hall–Kier alpha value is -3.11. The minimum absolute atomic E-state index is 0.152. The fraction of sp³-hybridized carbons (Fsp3) is 0.500. The summed E-state index contributed by atoms with van der Waals surface area (Å²) >= 11 is 0. The highest BCUT2D eigenvalue weighted by Gasteiger charge is 2.41. The van der Waals surface area contributed by atoms with E-state index in [1.54, 1.807) is 12.1 Å². The molecule has 2 fully saturated rings. The lowest BCUT2D eigenvalue weighted by atomic mass is 9.96. The molecular weight excluding hydrogens is 504 g/mol. The number of nitrogens with zero attached hydrogens (tertiary/aromatic N) is 3. The van der Waals surface area contributed by atoms with Crippen molar-refractivity contribution in [1.82, 2.24) is 9.62 Å². The molecule has 2 aromatic carbocycles. The Balaban J connectivity index is 1.38. The maximum Gasteiger partial charge on any atom is 0.250 e. The van der Waals surface area contributed by atoms with Gasteiger partial charge in [-0.2, -0.15) is 4.31 Å². The Bertz CT molecular complexity index is 1270. The van der Waals surface area contributed by atoms with Crippen molar-refractivity contribution in [3.63, 3.8) is 0 Å². The number of ether oxygens (including phenoxy) is 1. The molecule has 0 spiro atoms. The third-order valence-corrected chi connectivity index (χ3v) is 9.47. The van der Waals surface area contributed by atoms with Crippen LogP contribution in [0.15, 0.2) is 47.4 Å². The molecule has 38 heavy (non-hydrogen) atoms. The van der Waals surface area contributed by atoms with Crippen LogP contribution in [-0.2, 0) is 26.2 Å². The van der Waals surface area contributed by atoms with E-state index >= 15 is 0 Å². The van der Waals surface area contributed by atoms with Crippen LogP contribution in [0.4, 0.5) is 11.4 Å². The number of rotatable bonds is 8. The van der Waals surface area contributed by atoms with Crippen LogP contribution in [0.25, 0.3) is 0 Å². The molecule has 3 aliphatic heterocycles. The highest BCUT2D eigenvalue weighted by molar-refractivity contribution is 7.89. The molecule has 2 amide bonds. The molecular formula is C28H36N4O5S. The predicted molar refractivity (Wildman–Crippen MR) is 146 cm³/mol. The summed E-state index contributed by atoms with van der Waals surface area (Å²) in [4.78, 5) is 30.4. The lowest BCUT2D eigenvalue weighted by molar-refractivity contribution is -0.125. The van der Waals surface area contributed by atoms with Gasteiger partial charge in [-0.25, -0.2) is 8.42 Å². The summed E-state index contributed by atoms with van der Waals surface area (Å²) < 4.78 is 33.8. The maximum absolute atomic E-state index is 13.6. The smallest absolute Gasteiger partial charge is 0.250 e. The van der Waals surface area contributed by atoms with Crippen molar-refractivity contribution in [3.05, 3.63) is 48.0 Å². The summed E-state index contributed by atoms with van der Waals surface area (Å²) in [5, 5.41) is 2.90. The zero-order valence-electron chi connectivity index (χ0n) is 21.9. The molecule has 5 rings (SSSR count). The van der Waals surface area contributed by atoms with Gasteiger partial charge in [0, 0.05) is 26.2 Å². The van der Waals surface area contributed by atoms with Gasteiger partial charge < -0.3 is 15.0 Å². The molecule has 10 heteroatoms. The van der Waals surface area contributed by atoms with Crippen LogP contribution in [-0.4, -0.2) is 63.4 Å². The van der Waals surface area contributed by atoms with E-state index in [0.717, 1.165) is 62.1 Å². The van der Waals surface area contributed by atoms with Crippen molar-refractivity contribution in [2.24, 2.45) is 0 Å². The van der Waals surface area contributed by atoms with Crippen molar-refractivity contribution < 1.29 is 22.7 Å². The molecule has 3 aliphatic rings. The number of carbonyl (C=O) groups excluding carboxylic acids is 2. The summed E-state index contributed by atoms with van der Waals surface area (Å²) in [6.45, 7) is 4.40. The van der Waals surface area contributed by atoms with Crippen LogP contribution in [0.2, 0.25) is 0 Å². The molecule has 2 aromatic rings. The van der Waals surface area contributed by atoms with Crippen molar-refractivity contribution in [2.75, 3.05) is 42.6 Å². The van der Waals surface area contributed by atoms with Gasteiger partial charge in [-0.3, -0.25) is 14.5 Å². The Labute approximate surface area is 224 Å². The van der Waals surface area contributed by atoms with Crippen LogP contribution in [0.5, 0.6) is 5.75 Å². The van der Waals surface area contributed by atoms with E-state index < -0.39 is 10.0 Å². The highest BCUT2D eigenvalue weighted by atomic mass is 32.2. The van der Waals surface area contributed by atoms with Crippen LogP contribution in [0.1, 0.15) is 51.0 Å². The molecule has 0 saturated carbocycles. The third kappa shape index (κ3) is 5.37. The van der Waals surface area contributed by atoms with Gasteiger partial charge in [-0.15, -0.1) is 0 Å². The van der Waals surface area contributed by atoms with Gasteiger partial charge in [0.1, 0.15) is 18.3 Å². The molecule has 1 unspecified atom stereocenters. The minimum atomic E-state index is -3.68. The topological polar surface area (TPSA) is 99.3 Å². The van der Waals surface area contributed by atoms with E-state index in [0.29, 0.717) is 31.9 Å². The lowest BCUT2D eigenvalue weighted by Gasteiger charge is -2.45. The summed E-state index contributed by atoms with van der Waals surface area (Å²) in [6, 6.07) is 12.2. The number of benzene rings is 2. The zero-order chi connectivity index (χ0) is 26.7. The molecule has 2 saturated heterocycles. The molecule has 3 heterocycles. The molecule has 1 N–H and O–H groups in total. The Morgan fingerprint density at radius 3 is 2.45 bits per heavy atom. The van der Waals surface area contributed by atoms with Crippen LogP contribution >= 0.6 is 0 Å². The van der Waals surface area contributed by atoms with Gasteiger partial charge in [-0.05, 0) is 74.9 Å². The Morgan fingerprint density at radius 2 is 1.71 bits per heavy atom. The molecule has 0 radical (unpaired) electrons. The number of sulfonamides is 1. The monoisotopic (exact) mass is 540 g/mol. The summed E-state index contributed by atoms with van der Waals surface area (Å²) in [7, 11) is -3.68. The summed E-state index contributed by atoms with van der Waals surface area (Å²) in [5.74, 6) is 0.318. The van der Waals surface area contributed by atoms with Crippen molar-refractivity contribution in [1.29, 1.82) is 0 Å². The lowest BCUT2D eigenvalue weighted by Crippen LogP contribution is -2.57. The van der Waals surface area contributed by atoms with Crippen molar-refractivity contribution >= 4 is 33.2 Å². The standard InChI is InChI=1S/C28H36N4O5S/c1-2-37-22-11-9-21(10-12-22)19-29-27(33)20-32-26-18-23(38(35,36)30-15-5-3-6-16-30)13-14-24(26)31-17-7-4-8-25(31)28(32)34/h9-14,18,25H,2-8,15-17,19-20H2,1H3,(H,29,33). The molecule has 9 nitrogen and oxygen atoms in total. The number of anilines is 2. The normalized spacial score (nSPS) is 20.0. The van der Waals surface area contributed by atoms with Crippen molar-refractivity contribution in [3.8, 4) is 5.75 Å². The van der Waals surface area contributed by atoms with E-state index in [4.69, 9.17) is 4.74 Å². The third-order valence-electron chi connectivity index (χ3n) is 7.58. The van der Waals surface area contributed by atoms with E-state index in [9.17, 15) is 18.0 Å². The van der Waals surface area contributed by atoms with Gasteiger partial charge in [0.15, 0.2) is 0 Å². The molecule has 0 aromatic heterocycles. The van der Waals surface area contributed by atoms with Crippen LogP contribution in [0, 0.1) is 0 Å². The summed E-state index contributed by atoms with van der Waals surface area (Å²) in [5.41, 5.74) is 2.22. The van der Waals surface area contributed by atoms with E-state index in [2.05, 4.69) is 10.2 Å². The van der Waals surface area contributed by atoms with Gasteiger partial charge >= 0.3 is 0 Å². The van der Waals surface area contributed by atoms with E-state index in [1.807, 2.05) is 37.3 Å². The first kappa shape index (κ1) is 26.5. The fourth-order valence-corrected chi connectivity index (χ4v) is 7.12. The van der Waals surface area contributed by atoms with Crippen LogP contribution < -0.4 is 19.9 Å². The number of piperidine rings is 2. The number of carbonyl (C=O) groups is 2. The van der Waals surface area contributed by atoms with Crippen LogP contribution in [0.3, 0.4) is 0 Å². The molecule has 204 valence electrons. The minimum Gasteiger partial charge on any atom is -0.494 e. The number of nitrogens with one attached hydrogen (secondary N) is 1. The first-order chi connectivity index (χ1) is 18.4. The van der Waals surface area contributed by atoms with Gasteiger partial charge in [0.25, 0.3) is 0 Å². The quantitative estimate of drug-likeness (QED) is 0.552. The average molecular weight is 541 g/mol. The number of hydrogen-bond donors (Lipinski definition) is 1. The molecule has 1 atom stereocenters. The average Bonchev–Trinajstić information content (AvgIpc) is 2.95. The second kappa shape index (κ2) is 11.3. The predicted octanol–water partition coefficient (Wildman–Crippen LogP) is 3.28. The van der Waals surface area contributed by atoms with Gasteiger partial charge in [0.2, 0.25) is 21.8 Å². The first-order valence-corrected chi connectivity index (χ1v) is 15.0. The fourth-order valence-electron chi connectivity index (χ4n) is 5.59. The first-order valence-electron chi connectivity index (χ1n) is 13.6. The Morgan fingerprint density at radius 1 is 0.974 bits per heavy atom. The van der Waals surface area contributed by atoms with E-state index in [-0.39, 0.29) is 29.3 Å². The molecule has 0 bridgehead atoms. The highest BCUT2D eigenvalue weighted by Crippen LogP contribution is 2.41. The van der Waals surface area contributed by atoms with Crippen molar-refractivity contribution in [2.45, 2.75) is 62.9 Å². The van der Waals surface area contributed by atoms with Gasteiger partial charge in [-0.1, -0.05) is 18.6 Å². The van der Waals surface area contributed by atoms with E-state index in [1.165, 1.54) is 9.21 Å².